The van der Waals surface area contributed by atoms with Crippen LogP contribution in [0.4, 0.5) is 24.5 Å². The van der Waals surface area contributed by atoms with E-state index in [1.54, 1.807) is 12.1 Å². The molecule has 1 N–H and O–H groups in total. The first-order chi connectivity index (χ1) is 7.88. The van der Waals surface area contributed by atoms with Crippen molar-refractivity contribution in [2.24, 2.45) is 0 Å². The number of hydrogen-bond donors (Lipinski definition) is 1. The Bertz CT molecular complexity index is 415. The maximum atomic E-state index is 12.4. The number of hydrogen-bond acceptors (Lipinski definition) is 2. The molecule has 0 bridgehead atoms. The van der Waals surface area contributed by atoms with Gasteiger partial charge in [0.05, 0.1) is 0 Å². The van der Waals surface area contributed by atoms with E-state index in [1.165, 1.54) is 0 Å². The molecule has 0 fully saturated rings. The Kier molecular flexibility index (Phi) is 2.93. The summed E-state index contributed by atoms with van der Waals surface area (Å²) in [5, 5.41) is 2.48. The molecule has 17 heavy (non-hydrogen) atoms. The van der Waals surface area contributed by atoms with Crippen LogP contribution in [0.15, 0.2) is 18.2 Å². The molecule has 1 aliphatic heterocycles. The average molecular weight is 244 g/mol. The Morgan fingerprint density at radius 1 is 1.35 bits per heavy atom. The molecule has 1 heterocycles. The van der Waals surface area contributed by atoms with Gasteiger partial charge in [0.2, 0.25) is 0 Å². The minimum absolute atomic E-state index is 0.531. The summed E-state index contributed by atoms with van der Waals surface area (Å²) in [6.45, 7) is 2.05. The van der Waals surface area contributed by atoms with Gasteiger partial charge in [-0.05, 0) is 37.1 Å². The number of benzene rings is 1. The Morgan fingerprint density at radius 2 is 2.06 bits per heavy atom. The van der Waals surface area contributed by atoms with Gasteiger partial charge in [0.25, 0.3) is 0 Å². The van der Waals surface area contributed by atoms with Gasteiger partial charge in [-0.15, -0.1) is 0 Å². The number of anilines is 2. The summed E-state index contributed by atoms with van der Waals surface area (Å²) in [5.41, 5.74) is 2.74. The van der Waals surface area contributed by atoms with Gasteiger partial charge >= 0.3 is 6.18 Å². The summed E-state index contributed by atoms with van der Waals surface area (Å²) in [7, 11) is 1.98. The summed E-state index contributed by atoms with van der Waals surface area (Å²) in [4.78, 5) is 2.10. The lowest BCUT2D eigenvalue weighted by Crippen LogP contribution is -2.33. The molecule has 0 radical (unpaired) electrons. The molecule has 1 atom stereocenters. The maximum absolute atomic E-state index is 12.4. The smallest absolute Gasteiger partial charge is 0.374 e. The van der Waals surface area contributed by atoms with Gasteiger partial charge in [-0.3, -0.25) is 0 Å². The van der Waals surface area contributed by atoms with Crippen molar-refractivity contribution in [2.45, 2.75) is 25.6 Å². The molecule has 0 saturated heterocycles. The van der Waals surface area contributed by atoms with Crippen molar-refractivity contribution >= 4 is 11.4 Å². The fraction of sp³-hybridized carbons (Fsp3) is 0.500. The van der Waals surface area contributed by atoms with Crippen LogP contribution in [-0.2, 0) is 6.42 Å². The Morgan fingerprint density at radius 3 is 2.71 bits per heavy atom. The standard InChI is InChI=1S/C12H15F3N2/c1-8(12(13,14)15)16-10-3-4-11-9(7-10)5-6-17(11)2/h3-4,7-8,16H,5-6H2,1-2H3. The van der Waals surface area contributed by atoms with E-state index in [9.17, 15) is 13.2 Å². The second-order valence-corrected chi connectivity index (χ2v) is 4.42. The fourth-order valence-corrected chi connectivity index (χ4v) is 1.99. The van der Waals surface area contributed by atoms with Gasteiger partial charge in [0.1, 0.15) is 6.04 Å². The highest BCUT2D eigenvalue weighted by Crippen LogP contribution is 2.30. The number of nitrogens with zero attached hydrogens (tertiary/aromatic N) is 1. The second kappa shape index (κ2) is 4.13. The molecule has 1 unspecified atom stereocenters. The molecular weight excluding hydrogens is 229 g/mol. The highest BCUT2D eigenvalue weighted by atomic mass is 19.4. The maximum Gasteiger partial charge on any atom is 0.408 e. The molecule has 94 valence electrons. The largest absolute Gasteiger partial charge is 0.408 e. The van der Waals surface area contributed by atoms with E-state index in [0.29, 0.717) is 5.69 Å². The van der Waals surface area contributed by atoms with Crippen LogP contribution in [-0.4, -0.2) is 25.8 Å². The van der Waals surface area contributed by atoms with Crippen LogP contribution >= 0.6 is 0 Å². The highest BCUT2D eigenvalue weighted by molar-refractivity contribution is 5.63. The molecule has 1 aliphatic rings. The molecule has 0 spiro atoms. The van der Waals surface area contributed by atoms with E-state index in [2.05, 4.69) is 10.2 Å². The number of halogens is 3. The molecule has 1 aromatic carbocycles. The van der Waals surface area contributed by atoms with Gasteiger partial charge in [0, 0.05) is 25.0 Å². The zero-order valence-corrected chi connectivity index (χ0v) is 9.80. The van der Waals surface area contributed by atoms with E-state index in [1.807, 2.05) is 13.1 Å². The zero-order chi connectivity index (χ0) is 12.6. The van der Waals surface area contributed by atoms with Crippen molar-refractivity contribution in [3.05, 3.63) is 23.8 Å². The summed E-state index contributed by atoms with van der Waals surface area (Å²) in [5.74, 6) is 0. The monoisotopic (exact) mass is 244 g/mol. The SMILES string of the molecule is CC(Nc1ccc2c(c1)CCN2C)C(F)(F)F. The molecule has 0 saturated carbocycles. The minimum atomic E-state index is -4.21. The molecule has 2 rings (SSSR count). The van der Waals surface area contributed by atoms with E-state index in [4.69, 9.17) is 0 Å². The topological polar surface area (TPSA) is 15.3 Å². The van der Waals surface area contributed by atoms with Crippen LogP contribution in [0.3, 0.4) is 0 Å². The van der Waals surface area contributed by atoms with E-state index in [-0.39, 0.29) is 0 Å². The second-order valence-electron chi connectivity index (χ2n) is 4.42. The molecule has 1 aromatic rings. The molecular formula is C12H15F3N2. The molecule has 0 aromatic heterocycles. The lowest BCUT2D eigenvalue weighted by molar-refractivity contribution is -0.138. The molecule has 2 nitrogen and oxygen atoms in total. The predicted molar refractivity (Wildman–Crippen MR) is 62.6 cm³/mol. The van der Waals surface area contributed by atoms with Crippen LogP contribution in [0, 0.1) is 0 Å². The van der Waals surface area contributed by atoms with Crippen LogP contribution in [0.5, 0.6) is 0 Å². The first-order valence-corrected chi connectivity index (χ1v) is 5.55. The predicted octanol–water partition coefficient (Wildman–Crippen LogP) is 3.04. The minimum Gasteiger partial charge on any atom is -0.374 e. The van der Waals surface area contributed by atoms with Crippen LogP contribution in [0.25, 0.3) is 0 Å². The summed E-state index contributed by atoms with van der Waals surface area (Å²) in [6.07, 6.45) is -3.32. The first kappa shape index (κ1) is 12.1. The lowest BCUT2D eigenvalue weighted by atomic mass is 10.1. The number of fused-ring (bicyclic) bond motifs is 1. The van der Waals surface area contributed by atoms with Crippen LogP contribution in [0.1, 0.15) is 12.5 Å². The normalized spacial score (nSPS) is 16.9. The van der Waals surface area contributed by atoms with Crippen molar-refractivity contribution in [1.29, 1.82) is 0 Å². The number of alkyl halides is 3. The van der Waals surface area contributed by atoms with Crippen LogP contribution in [0.2, 0.25) is 0 Å². The third-order valence-corrected chi connectivity index (χ3v) is 3.08. The number of nitrogens with one attached hydrogen (secondary N) is 1. The van der Waals surface area contributed by atoms with Crippen molar-refractivity contribution < 1.29 is 13.2 Å². The van der Waals surface area contributed by atoms with E-state index in [0.717, 1.165) is 31.1 Å². The van der Waals surface area contributed by atoms with Gasteiger partial charge in [0.15, 0.2) is 0 Å². The third kappa shape index (κ3) is 2.48. The Hall–Kier alpha value is -1.39. The quantitative estimate of drug-likeness (QED) is 0.860. The summed E-state index contributed by atoms with van der Waals surface area (Å²) >= 11 is 0. The van der Waals surface area contributed by atoms with E-state index < -0.39 is 12.2 Å². The summed E-state index contributed by atoms with van der Waals surface area (Å²) < 4.78 is 37.2. The van der Waals surface area contributed by atoms with Crippen molar-refractivity contribution in [3.63, 3.8) is 0 Å². The van der Waals surface area contributed by atoms with Gasteiger partial charge < -0.3 is 10.2 Å². The van der Waals surface area contributed by atoms with Gasteiger partial charge in [-0.25, -0.2) is 0 Å². The summed E-state index contributed by atoms with van der Waals surface area (Å²) in [6, 6.07) is 3.84. The third-order valence-electron chi connectivity index (χ3n) is 3.08. The van der Waals surface area contributed by atoms with Crippen molar-refractivity contribution in [3.8, 4) is 0 Å². The Balaban J connectivity index is 2.14. The molecule has 5 heteroatoms. The lowest BCUT2D eigenvalue weighted by Gasteiger charge is -2.19. The van der Waals surface area contributed by atoms with Crippen molar-refractivity contribution in [1.82, 2.24) is 0 Å². The van der Waals surface area contributed by atoms with E-state index >= 15 is 0 Å². The van der Waals surface area contributed by atoms with Crippen LogP contribution < -0.4 is 10.2 Å². The first-order valence-electron chi connectivity index (χ1n) is 5.55. The number of likely N-dealkylation sites (N-methyl/N-ethyl adjacent to an activating group) is 1. The van der Waals surface area contributed by atoms with Crippen molar-refractivity contribution in [2.75, 3.05) is 23.8 Å². The van der Waals surface area contributed by atoms with Gasteiger partial charge in [-0.1, -0.05) is 0 Å². The molecule has 0 amide bonds. The highest BCUT2D eigenvalue weighted by Gasteiger charge is 2.36. The number of rotatable bonds is 2. The zero-order valence-electron chi connectivity index (χ0n) is 9.80. The average Bonchev–Trinajstić information content (AvgIpc) is 2.59. The fourth-order valence-electron chi connectivity index (χ4n) is 1.99. The molecule has 0 aliphatic carbocycles. The van der Waals surface area contributed by atoms with Gasteiger partial charge in [-0.2, -0.15) is 13.2 Å². The Labute approximate surface area is 98.4 Å².